The monoisotopic (exact) mass is 325 g/mol. The molecule has 0 radical (unpaired) electrons. The first kappa shape index (κ1) is 17.2. The second-order valence-electron chi connectivity index (χ2n) is 5.66. The van der Waals surface area contributed by atoms with E-state index < -0.39 is 0 Å². The fourth-order valence-corrected chi connectivity index (χ4v) is 3.58. The minimum absolute atomic E-state index is 0.00574. The maximum absolute atomic E-state index is 12.5. The van der Waals surface area contributed by atoms with E-state index in [2.05, 4.69) is 28.6 Å². The SMILES string of the molecule is CCN1CCC[C@@H]1CNC(=O)N(CCOC)Cc1ccsc1. The highest BCUT2D eigenvalue weighted by molar-refractivity contribution is 7.07. The molecule has 0 saturated carbocycles. The van der Waals surface area contributed by atoms with E-state index in [0.29, 0.717) is 25.7 Å². The molecule has 1 aliphatic heterocycles. The van der Waals surface area contributed by atoms with Gasteiger partial charge in [-0.1, -0.05) is 6.92 Å². The average Bonchev–Trinajstić information content (AvgIpc) is 3.19. The second-order valence-corrected chi connectivity index (χ2v) is 6.44. The van der Waals surface area contributed by atoms with E-state index in [0.717, 1.165) is 19.6 Å². The van der Waals surface area contributed by atoms with Crippen LogP contribution in [-0.4, -0.2) is 61.8 Å². The molecule has 1 N–H and O–H groups in total. The second kappa shape index (κ2) is 9.12. The number of amides is 2. The van der Waals surface area contributed by atoms with Crippen molar-refractivity contribution in [2.24, 2.45) is 0 Å². The Morgan fingerprint density at radius 2 is 2.45 bits per heavy atom. The highest BCUT2D eigenvalue weighted by Crippen LogP contribution is 2.16. The van der Waals surface area contributed by atoms with Gasteiger partial charge in [0.15, 0.2) is 0 Å². The van der Waals surface area contributed by atoms with Crippen LogP contribution in [0.2, 0.25) is 0 Å². The minimum Gasteiger partial charge on any atom is -0.383 e. The van der Waals surface area contributed by atoms with Crippen LogP contribution in [0.15, 0.2) is 16.8 Å². The number of thiophene rings is 1. The van der Waals surface area contributed by atoms with Gasteiger partial charge in [0.05, 0.1) is 6.61 Å². The molecule has 1 aromatic heterocycles. The summed E-state index contributed by atoms with van der Waals surface area (Å²) in [6.07, 6.45) is 2.41. The standard InChI is InChI=1S/C16H27N3O2S/c1-3-18-7-4-5-15(18)11-17-16(20)19(8-9-21-2)12-14-6-10-22-13-14/h6,10,13,15H,3-5,7-9,11-12H2,1-2H3,(H,17,20)/t15-/m1/s1. The Bertz CT molecular complexity index is 439. The van der Waals surface area contributed by atoms with Crippen molar-refractivity contribution in [2.45, 2.75) is 32.4 Å². The van der Waals surface area contributed by atoms with Crippen LogP contribution in [0, 0.1) is 0 Å². The lowest BCUT2D eigenvalue weighted by atomic mass is 10.2. The Kier molecular flexibility index (Phi) is 7.15. The maximum atomic E-state index is 12.5. The predicted molar refractivity (Wildman–Crippen MR) is 90.3 cm³/mol. The van der Waals surface area contributed by atoms with Gasteiger partial charge in [-0.15, -0.1) is 0 Å². The molecule has 0 bridgehead atoms. The molecule has 1 saturated heterocycles. The molecular weight excluding hydrogens is 298 g/mol. The summed E-state index contributed by atoms with van der Waals surface area (Å²) >= 11 is 1.66. The zero-order chi connectivity index (χ0) is 15.8. The molecule has 0 aliphatic carbocycles. The largest absolute Gasteiger partial charge is 0.383 e. The lowest BCUT2D eigenvalue weighted by Gasteiger charge is -2.26. The Hall–Kier alpha value is -1.11. The number of hydrogen-bond donors (Lipinski definition) is 1. The third kappa shape index (κ3) is 4.97. The molecule has 6 heteroatoms. The molecule has 1 fully saturated rings. The van der Waals surface area contributed by atoms with Gasteiger partial charge in [-0.25, -0.2) is 4.79 Å². The molecule has 5 nitrogen and oxygen atoms in total. The number of hydrogen-bond acceptors (Lipinski definition) is 4. The van der Waals surface area contributed by atoms with E-state index in [9.17, 15) is 4.79 Å². The van der Waals surface area contributed by atoms with Crippen molar-refractivity contribution in [3.05, 3.63) is 22.4 Å². The van der Waals surface area contributed by atoms with Crippen LogP contribution in [-0.2, 0) is 11.3 Å². The Balaban J connectivity index is 1.84. The van der Waals surface area contributed by atoms with Gasteiger partial charge in [-0.2, -0.15) is 11.3 Å². The van der Waals surface area contributed by atoms with Crippen LogP contribution in [0.5, 0.6) is 0 Å². The van der Waals surface area contributed by atoms with Crippen LogP contribution in [0.3, 0.4) is 0 Å². The Labute approximate surface area is 137 Å². The minimum atomic E-state index is 0.00574. The van der Waals surface area contributed by atoms with Gasteiger partial charge in [0.2, 0.25) is 0 Å². The summed E-state index contributed by atoms with van der Waals surface area (Å²) in [4.78, 5) is 16.7. The molecule has 2 heterocycles. The third-order valence-corrected chi connectivity index (χ3v) is 4.93. The summed E-state index contributed by atoms with van der Waals surface area (Å²) in [5, 5.41) is 7.23. The van der Waals surface area contributed by atoms with Crippen LogP contribution < -0.4 is 5.32 Å². The number of carbonyl (C=O) groups is 1. The number of carbonyl (C=O) groups excluding carboxylic acids is 1. The first-order valence-corrected chi connectivity index (χ1v) is 8.95. The van der Waals surface area contributed by atoms with Gasteiger partial charge in [-0.05, 0) is 48.3 Å². The quantitative estimate of drug-likeness (QED) is 0.798. The molecule has 1 aromatic rings. The van der Waals surface area contributed by atoms with E-state index in [1.165, 1.54) is 18.4 Å². The van der Waals surface area contributed by atoms with Crippen molar-refractivity contribution in [1.29, 1.82) is 0 Å². The lowest BCUT2D eigenvalue weighted by molar-refractivity contribution is 0.144. The van der Waals surface area contributed by atoms with Gasteiger partial charge in [0.1, 0.15) is 0 Å². The van der Waals surface area contributed by atoms with E-state index >= 15 is 0 Å². The molecule has 0 unspecified atom stereocenters. The summed E-state index contributed by atoms with van der Waals surface area (Å²) < 4.78 is 5.13. The van der Waals surface area contributed by atoms with Gasteiger partial charge >= 0.3 is 6.03 Å². The highest BCUT2D eigenvalue weighted by Gasteiger charge is 2.24. The number of urea groups is 1. The van der Waals surface area contributed by atoms with Crippen LogP contribution in [0.4, 0.5) is 4.79 Å². The number of ether oxygens (including phenoxy) is 1. The number of methoxy groups -OCH3 is 1. The van der Waals surface area contributed by atoms with E-state index in [4.69, 9.17) is 4.74 Å². The highest BCUT2D eigenvalue weighted by atomic mass is 32.1. The van der Waals surface area contributed by atoms with Gasteiger partial charge in [0.25, 0.3) is 0 Å². The fourth-order valence-electron chi connectivity index (χ4n) is 2.92. The normalized spacial score (nSPS) is 18.5. The smallest absolute Gasteiger partial charge is 0.317 e. The molecule has 2 amide bonds. The summed E-state index contributed by atoms with van der Waals surface area (Å²) in [5.41, 5.74) is 1.17. The molecule has 22 heavy (non-hydrogen) atoms. The molecule has 124 valence electrons. The van der Waals surface area contributed by atoms with Crippen LogP contribution in [0.1, 0.15) is 25.3 Å². The third-order valence-electron chi connectivity index (χ3n) is 4.20. The average molecular weight is 325 g/mol. The van der Waals surface area contributed by atoms with Crippen molar-refractivity contribution in [1.82, 2.24) is 15.1 Å². The van der Waals surface area contributed by atoms with Gasteiger partial charge < -0.3 is 15.0 Å². The fraction of sp³-hybridized carbons (Fsp3) is 0.688. The lowest BCUT2D eigenvalue weighted by Crippen LogP contribution is -2.46. The van der Waals surface area contributed by atoms with Gasteiger partial charge in [-0.3, -0.25) is 4.90 Å². The van der Waals surface area contributed by atoms with E-state index in [-0.39, 0.29) is 6.03 Å². The first-order valence-electron chi connectivity index (χ1n) is 8.01. The van der Waals surface area contributed by atoms with E-state index in [1.54, 1.807) is 18.4 Å². The number of likely N-dealkylation sites (tertiary alicyclic amines) is 1. The first-order chi connectivity index (χ1) is 10.7. The number of nitrogens with zero attached hydrogens (tertiary/aromatic N) is 2. The maximum Gasteiger partial charge on any atom is 0.317 e. The topological polar surface area (TPSA) is 44.8 Å². The molecule has 0 aromatic carbocycles. The van der Waals surface area contributed by atoms with Crippen molar-refractivity contribution in [2.75, 3.05) is 39.9 Å². The summed E-state index contributed by atoms with van der Waals surface area (Å²) in [6, 6.07) is 2.55. The van der Waals surface area contributed by atoms with Crippen molar-refractivity contribution in [3.63, 3.8) is 0 Å². The zero-order valence-corrected chi connectivity index (χ0v) is 14.4. The molecule has 2 rings (SSSR count). The predicted octanol–water partition coefficient (Wildman–Crippen LogP) is 2.39. The van der Waals surface area contributed by atoms with E-state index in [1.807, 2.05) is 10.3 Å². The van der Waals surface area contributed by atoms with Crippen molar-refractivity contribution in [3.8, 4) is 0 Å². The Morgan fingerprint density at radius 1 is 1.59 bits per heavy atom. The van der Waals surface area contributed by atoms with Crippen molar-refractivity contribution >= 4 is 17.4 Å². The molecule has 1 aliphatic rings. The summed E-state index contributed by atoms with van der Waals surface area (Å²) in [7, 11) is 1.67. The molecular formula is C16H27N3O2S. The summed E-state index contributed by atoms with van der Waals surface area (Å²) in [6.45, 7) is 6.94. The van der Waals surface area contributed by atoms with Crippen LogP contribution >= 0.6 is 11.3 Å². The number of likely N-dealkylation sites (N-methyl/N-ethyl adjacent to an activating group) is 1. The Morgan fingerprint density at radius 3 is 3.14 bits per heavy atom. The summed E-state index contributed by atoms with van der Waals surface area (Å²) in [5.74, 6) is 0. The molecule has 0 spiro atoms. The van der Waals surface area contributed by atoms with Crippen molar-refractivity contribution < 1.29 is 9.53 Å². The van der Waals surface area contributed by atoms with Crippen LogP contribution in [0.25, 0.3) is 0 Å². The molecule has 1 atom stereocenters. The zero-order valence-electron chi connectivity index (χ0n) is 13.6. The van der Waals surface area contributed by atoms with Gasteiger partial charge in [0, 0.05) is 32.8 Å². The number of rotatable bonds is 8. The number of nitrogens with one attached hydrogen (secondary N) is 1.